The summed E-state index contributed by atoms with van der Waals surface area (Å²) in [5, 5.41) is 28.6. The van der Waals surface area contributed by atoms with Gasteiger partial charge < -0.3 is 30.9 Å². The Morgan fingerprint density at radius 3 is 2.12 bits per heavy atom. The number of hydrogen-bond donors (Lipinski definition) is 5. The fourth-order valence-corrected chi connectivity index (χ4v) is 6.73. The molecule has 4 unspecified atom stereocenters. The van der Waals surface area contributed by atoms with Crippen molar-refractivity contribution in [2.75, 3.05) is 26.0 Å². The second-order valence-corrected chi connectivity index (χ2v) is 12.7. The molecule has 43 heavy (non-hydrogen) atoms. The third-order valence-electron chi connectivity index (χ3n) is 6.95. The van der Waals surface area contributed by atoms with Gasteiger partial charge in [-0.15, -0.1) is 0 Å². The molecule has 0 spiro atoms. The predicted molar refractivity (Wildman–Crippen MR) is 162 cm³/mol. The highest BCUT2D eigenvalue weighted by molar-refractivity contribution is 7.92. The van der Waals surface area contributed by atoms with E-state index in [1.807, 2.05) is 13.8 Å². The van der Waals surface area contributed by atoms with Gasteiger partial charge in [-0.1, -0.05) is 44.9 Å². The number of hydrogen-bond acceptors (Lipinski definition) is 9. The van der Waals surface area contributed by atoms with Crippen LogP contribution in [0.5, 0.6) is 0 Å². The van der Waals surface area contributed by atoms with E-state index < -0.39 is 69.4 Å². The molecule has 0 saturated carbocycles. The molecule has 1 aromatic carbocycles. The molecule has 0 bridgehead atoms. The summed E-state index contributed by atoms with van der Waals surface area (Å²) >= 11 is 0. The lowest BCUT2D eigenvalue weighted by molar-refractivity contribution is -0.123. The van der Waals surface area contributed by atoms with Crippen LogP contribution in [0.4, 0.5) is 0 Å². The molecule has 3 amide bonds. The molecule has 0 radical (unpaired) electrons. The van der Waals surface area contributed by atoms with Gasteiger partial charge in [0.05, 0.1) is 28.7 Å². The molecule has 2 aromatic rings. The van der Waals surface area contributed by atoms with Crippen molar-refractivity contribution in [1.29, 1.82) is 0 Å². The van der Waals surface area contributed by atoms with Crippen LogP contribution in [0.3, 0.4) is 0 Å². The number of carbonyl (C=O) groups is 3. The van der Waals surface area contributed by atoms with Crippen molar-refractivity contribution in [3.8, 4) is 0 Å². The molecule has 13 heteroatoms. The number of aromatic nitrogens is 1. The molecule has 1 heterocycles. The number of benzene rings is 1. The number of aliphatic hydroxyl groups excluding tert-OH is 2. The van der Waals surface area contributed by atoms with Gasteiger partial charge in [-0.25, -0.2) is 8.42 Å². The molecular formula is C30H44N4O8S. The Balaban J connectivity index is 2.17. The first-order valence-electron chi connectivity index (χ1n) is 14.4. The Hall–Kier alpha value is -3.39. The van der Waals surface area contributed by atoms with E-state index >= 15 is 0 Å². The molecule has 0 fully saturated rings. The van der Waals surface area contributed by atoms with Gasteiger partial charge in [0.1, 0.15) is 12.1 Å². The fraction of sp³-hybridized carbons (Fsp3) is 0.533. The van der Waals surface area contributed by atoms with Crippen molar-refractivity contribution < 1.29 is 37.8 Å². The van der Waals surface area contributed by atoms with Crippen LogP contribution in [0.1, 0.15) is 66.7 Å². The highest BCUT2D eigenvalue weighted by atomic mass is 32.2. The Morgan fingerprint density at radius 1 is 0.907 bits per heavy atom. The summed E-state index contributed by atoms with van der Waals surface area (Å²) in [5.41, 5.74) is 0.500. The van der Waals surface area contributed by atoms with E-state index in [9.17, 15) is 33.0 Å². The molecule has 5 N–H and O–H groups in total. The van der Waals surface area contributed by atoms with Crippen molar-refractivity contribution in [2.24, 2.45) is 0 Å². The monoisotopic (exact) mass is 620 g/mol. The van der Waals surface area contributed by atoms with Crippen LogP contribution in [0.25, 0.3) is 0 Å². The summed E-state index contributed by atoms with van der Waals surface area (Å²) in [4.78, 5) is 42.7. The Bertz CT molecular complexity index is 1240. The van der Waals surface area contributed by atoms with Gasteiger partial charge in [-0.3, -0.25) is 19.4 Å². The number of sulfone groups is 1. The second kappa shape index (κ2) is 18.3. The Labute approximate surface area is 253 Å². The molecule has 1 aromatic heterocycles. The highest BCUT2D eigenvalue weighted by Gasteiger charge is 2.34. The summed E-state index contributed by atoms with van der Waals surface area (Å²) in [7, 11) is -2.34. The second-order valence-electron chi connectivity index (χ2n) is 10.3. The van der Waals surface area contributed by atoms with E-state index in [1.54, 1.807) is 30.3 Å². The van der Waals surface area contributed by atoms with Crippen molar-refractivity contribution in [3.63, 3.8) is 0 Å². The Morgan fingerprint density at radius 2 is 1.53 bits per heavy atom. The molecule has 0 aliphatic heterocycles. The maximum absolute atomic E-state index is 13.3. The zero-order chi connectivity index (χ0) is 31.8. The Kier molecular flexibility index (Phi) is 15.2. The smallest absolute Gasteiger partial charge is 0.253 e. The number of ether oxygens (including phenoxy) is 1. The fourth-order valence-electron chi connectivity index (χ4n) is 4.57. The number of amides is 3. The van der Waals surface area contributed by atoms with E-state index in [0.717, 1.165) is 0 Å². The first-order chi connectivity index (χ1) is 20.5. The number of rotatable bonds is 19. The topological polar surface area (TPSA) is 184 Å². The summed E-state index contributed by atoms with van der Waals surface area (Å²) in [5.74, 6) is -2.64. The molecule has 0 aliphatic rings. The van der Waals surface area contributed by atoms with Gasteiger partial charge in [-0.2, -0.15) is 0 Å². The zero-order valence-corrected chi connectivity index (χ0v) is 25.8. The van der Waals surface area contributed by atoms with Crippen molar-refractivity contribution in [1.82, 2.24) is 20.9 Å². The average molecular weight is 621 g/mol. The van der Waals surface area contributed by atoms with Crippen LogP contribution >= 0.6 is 0 Å². The number of carbonyl (C=O) groups excluding carboxylic acids is 3. The van der Waals surface area contributed by atoms with Crippen LogP contribution < -0.4 is 16.0 Å². The lowest BCUT2D eigenvalue weighted by atomic mass is 10.0. The van der Waals surface area contributed by atoms with Crippen LogP contribution in [0.2, 0.25) is 0 Å². The minimum absolute atomic E-state index is 0.141. The number of methoxy groups -OCH3 is 1. The predicted octanol–water partition coefficient (Wildman–Crippen LogP) is 1.24. The normalized spacial score (nSPS) is 14.4. The van der Waals surface area contributed by atoms with Crippen molar-refractivity contribution in [3.05, 3.63) is 66.0 Å². The van der Waals surface area contributed by atoms with Crippen LogP contribution in [-0.4, -0.2) is 96.9 Å². The van der Waals surface area contributed by atoms with Crippen LogP contribution in [0.15, 0.2) is 54.9 Å². The quantitative estimate of drug-likeness (QED) is 0.154. The lowest BCUT2D eigenvalue weighted by Gasteiger charge is -2.28. The van der Waals surface area contributed by atoms with E-state index in [1.165, 1.54) is 31.6 Å². The summed E-state index contributed by atoms with van der Waals surface area (Å²) in [6, 6.07) is 8.96. The standard InChI is InChI=1S/C30H44N4O8S/c1-4-10-23(11-5-2)43(40,41)20-25(34-29(38)22-14-9-16-31-18-22)30(39)32-19-26(35)27(36)24(15-17-42-3)33-28(37)21-12-7-6-8-13-21/h6-9,12-14,16,18,23-27,35-36H,4-5,10-11,15,17,19-20H2,1-3H3,(H,32,39)(H,33,37)(H,34,38). The van der Waals surface area contributed by atoms with Gasteiger partial charge in [-0.05, 0) is 43.5 Å². The SMILES string of the molecule is CCCC(CCC)S(=O)(=O)CC(NC(=O)c1cccnc1)C(=O)NCC(O)C(O)C(CCOC)NC(=O)c1ccccc1. The molecule has 4 atom stereocenters. The third kappa shape index (κ3) is 11.7. The number of nitrogens with zero attached hydrogens (tertiary/aromatic N) is 1. The van der Waals surface area contributed by atoms with E-state index in [0.29, 0.717) is 31.2 Å². The molecule has 238 valence electrons. The third-order valence-corrected chi connectivity index (χ3v) is 9.24. The minimum Gasteiger partial charge on any atom is -0.388 e. The zero-order valence-electron chi connectivity index (χ0n) is 24.9. The van der Waals surface area contributed by atoms with Gasteiger partial charge in [0.15, 0.2) is 9.84 Å². The number of pyridine rings is 1. The number of nitrogens with one attached hydrogen (secondary N) is 3. The molecule has 12 nitrogen and oxygen atoms in total. The molecule has 0 aliphatic carbocycles. The average Bonchev–Trinajstić information content (AvgIpc) is 3.01. The minimum atomic E-state index is -3.80. The summed E-state index contributed by atoms with van der Waals surface area (Å²) in [6.07, 6.45) is 2.00. The van der Waals surface area contributed by atoms with Crippen LogP contribution in [0, 0.1) is 0 Å². The van der Waals surface area contributed by atoms with E-state index in [4.69, 9.17) is 4.74 Å². The summed E-state index contributed by atoms with van der Waals surface area (Å²) in [6.45, 7) is 3.45. The van der Waals surface area contributed by atoms with Gasteiger partial charge in [0, 0.05) is 38.2 Å². The van der Waals surface area contributed by atoms with E-state index in [2.05, 4.69) is 20.9 Å². The summed E-state index contributed by atoms with van der Waals surface area (Å²) < 4.78 is 31.7. The maximum atomic E-state index is 13.3. The number of aliphatic hydroxyl groups is 2. The van der Waals surface area contributed by atoms with Gasteiger partial charge in [0.25, 0.3) is 11.8 Å². The molecule has 0 saturated heterocycles. The van der Waals surface area contributed by atoms with Crippen molar-refractivity contribution >= 4 is 27.6 Å². The molecular weight excluding hydrogens is 576 g/mol. The van der Waals surface area contributed by atoms with Crippen molar-refractivity contribution in [2.45, 2.75) is 75.5 Å². The van der Waals surface area contributed by atoms with Gasteiger partial charge in [0.2, 0.25) is 5.91 Å². The molecule has 2 rings (SSSR count). The highest BCUT2D eigenvalue weighted by Crippen LogP contribution is 2.17. The van der Waals surface area contributed by atoms with Gasteiger partial charge >= 0.3 is 0 Å². The first kappa shape index (κ1) is 35.8. The van der Waals surface area contributed by atoms with E-state index in [-0.39, 0.29) is 18.6 Å². The lowest BCUT2D eigenvalue weighted by Crippen LogP contribution is -2.55. The first-order valence-corrected chi connectivity index (χ1v) is 16.2. The largest absolute Gasteiger partial charge is 0.388 e. The maximum Gasteiger partial charge on any atom is 0.253 e. The van der Waals surface area contributed by atoms with Crippen LogP contribution in [-0.2, 0) is 19.4 Å².